The number of rotatable bonds is 8. The molecule has 1 saturated heterocycles. The fourth-order valence-electron chi connectivity index (χ4n) is 2.48. The number of allylic oxidation sites excluding steroid dienone is 4. The van der Waals surface area contributed by atoms with Gasteiger partial charge in [-0.2, -0.15) is 0 Å². The molecule has 0 saturated carbocycles. The minimum Gasteiger partial charge on any atom is -0.368 e. The summed E-state index contributed by atoms with van der Waals surface area (Å²) in [5, 5.41) is 2.65. The van der Waals surface area contributed by atoms with Crippen LogP contribution in [0.25, 0.3) is 0 Å². The molecule has 1 fully saturated rings. The first-order chi connectivity index (χ1) is 10.5. The summed E-state index contributed by atoms with van der Waals surface area (Å²) < 4.78 is 0. The van der Waals surface area contributed by atoms with Crippen LogP contribution in [-0.2, 0) is 14.4 Å². The third kappa shape index (κ3) is 4.87. The Hall–Kier alpha value is -2.37. The molecule has 6 nitrogen and oxygen atoms in total. The van der Waals surface area contributed by atoms with E-state index in [1.54, 1.807) is 12.2 Å². The van der Waals surface area contributed by atoms with Gasteiger partial charge in [0.25, 0.3) is 0 Å². The van der Waals surface area contributed by atoms with Crippen molar-refractivity contribution < 1.29 is 14.4 Å². The number of nitrogens with two attached hydrogens (primary N) is 1. The molecule has 0 aromatic heterocycles. The van der Waals surface area contributed by atoms with E-state index in [9.17, 15) is 14.4 Å². The first-order valence-corrected chi connectivity index (χ1v) is 7.28. The molecule has 0 bridgehead atoms. The average Bonchev–Trinajstić information content (AvgIpc) is 2.95. The lowest BCUT2D eigenvalue weighted by atomic mass is 10.0. The number of hydrogen-bond donors (Lipinski definition) is 2. The van der Waals surface area contributed by atoms with Gasteiger partial charge in [0.15, 0.2) is 0 Å². The van der Waals surface area contributed by atoms with Crippen LogP contribution in [0.5, 0.6) is 0 Å². The summed E-state index contributed by atoms with van der Waals surface area (Å²) in [6.45, 7) is 6.04. The van der Waals surface area contributed by atoms with Gasteiger partial charge in [-0.1, -0.05) is 30.9 Å². The minimum absolute atomic E-state index is 0.283. The van der Waals surface area contributed by atoms with E-state index in [0.717, 1.165) is 12.0 Å². The third-order valence-electron chi connectivity index (χ3n) is 3.54. The van der Waals surface area contributed by atoms with Crippen molar-refractivity contribution in [3.8, 4) is 0 Å². The van der Waals surface area contributed by atoms with Gasteiger partial charge in [-0.05, 0) is 25.3 Å². The molecule has 1 aliphatic rings. The highest BCUT2D eigenvalue weighted by atomic mass is 16.2. The topological polar surface area (TPSA) is 92.5 Å². The van der Waals surface area contributed by atoms with E-state index in [4.69, 9.17) is 5.73 Å². The Kier molecular flexibility index (Phi) is 7.08. The smallest absolute Gasteiger partial charge is 0.243 e. The van der Waals surface area contributed by atoms with Crippen LogP contribution in [0.15, 0.2) is 36.5 Å². The first kappa shape index (κ1) is 17.7. The molecular formula is C16H23N3O3. The second kappa shape index (κ2) is 8.81. The highest BCUT2D eigenvalue weighted by molar-refractivity contribution is 5.90. The van der Waals surface area contributed by atoms with Gasteiger partial charge in [-0.25, -0.2) is 0 Å². The van der Waals surface area contributed by atoms with Crippen LogP contribution < -0.4 is 11.1 Å². The molecule has 0 aromatic carbocycles. The van der Waals surface area contributed by atoms with Crippen molar-refractivity contribution >= 4 is 18.2 Å². The van der Waals surface area contributed by atoms with Gasteiger partial charge in [-0.3, -0.25) is 14.4 Å². The highest BCUT2D eigenvalue weighted by Gasteiger charge is 2.31. The van der Waals surface area contributed by atoms with Crippen molar-refractivity contribution in [1.29, 1.82) is 0 Å². The Morgan fingerprint density at radius 2 is 2.23 bits per heavy atom. The fraction of sp³-hybridized carbons (Fsp3) is 0.438. The molecule has 1 rings (SSSR count). The van der Waals surface area contributed by atoms with Crippen LogP contribution in [0.4, 0.5) is 0 Å². The van der Waals surface area contributed by atoms with Crippen molar-refractivity contribution in [2.45, 2.75) is 38.3 Å². The van der Waals surface area contributed by atoms with Gasteiger partial charge in [0.1, 0.15) is 12.1 Å². The summed E-state index contributed by atoms with van der Waals surface area (Å²) in [6.07, 6.45) is 9.36. The maximum Gasteiger partial charge on any atom is 0.243 e. The van der Waals surface area contributed by atoms with E-state index in [-0.39, 0.29) is 12.3 Å². The molecule has 6 heteroatoms. The first-order valence-electron chi connectivity index (χ1n) is 7.28. The maximum absolute atomic E-state index is 12.2. The Bertz CT molecular complexity index is 497. The van der Waals surface area contributed by atoms with Crippen LogP contribution in [-0.4, -0.2) is 41.8 Å². The third-order valence-corrected chi connectivity index (χ3v) is 3.54. The van der Waals surface area contributed by atoms with E-state index in [0.29, 0.717) is 19.4 Å². The zero-order valence-electron chi connectivity index (χ0n) is 12.8. The van der Waals surface area contributed by atoms with Gasteiger partial charge in [0.2, 0.25) is 18.2 Å². The largest absolute Gasteiger partial charge is 0.368 e. The summed E-state index contributed by atoms with van der Waals surface area (Å²) in [5.41, 5.74) is 6.21. The van der Waals surface area contributed by atoms with Crippen LogP contribution >= 0.6 is 0 Å². The normalized spacial score (nSPS) is 20.0. The summed E-state index contributed by atoms with van der Waals surface area (Å²) in [6, 6.07) is -1.34. The molecular weight excluding hydrogens is 282 g/mol. The monoisotopic (exact) mass is 305 g/mol. The molecule has 3 N–H and O–H groups in total. The molecule has 0 aromatic rings. The summed E-state index contributed by atoms with van der Waals surface area (Å²) in [7, 11) is 0. The van der Waals surface area contributed by atoms with E-state index < -0.39 is 18.0 Å². The quantitative estimate of drug-likeness (QED) is 0.509. The van der Waals surface area contributed by atoms with Crippen molar-refractivity contribution in [3.05, 3.63) is 36.5 Å². The van der Waals surface area contributed by atoms with E-state index in [1.165, 1.54) is 4.90 Å². The Morgan fingerprint density at radius 3 is 2.77 bits per heavy atom. The second-order valence-corrected chi connectivity index (χ2v) is 5.15. The number of likely N-dealkylation sites (tertiary alicyclic amines) is 1. The number of primary amides is 1. The SMILES string of the molecule is C=C/C=C(\C=C/C)CC(NC(=O)C1CCCN1C=O)C(N)=O. The number of nitrogens with one attached hydrogen (secondary N) is 1. The summed E-state index contributed by atoms with van der Waals surface area (Å²) in [4.78, 5) is 36.2. The lowest BCUT2D eigenvalue weighted by Gasteiger charge is -2.22. The van der Waals surface area contributed by atoms with Gasteiger partial charge in [-0.15, -0.1) is 0 Å². The van der Waals surface area contributed by atoms with Crippen LogP contribution in [0.1, 0.15) is 26.2 Å². The number of carbonyl (C=O) groups excluding carboxylic acids is 3. The van der Waals surface area contributed by atoms with Gasteiger partial charge in [0, 0.05) is 13.0 Å². The zero-order valence-corrected chi connectivity index (χ0v) is 12.8. The Morgan fingerprint density at radius 1 is 1.50 bits per heavy atom. The minimum atomic E-state index is -0.816. The lowest BCUT2D eigenvalue weighted by Crippen LogP contribution is -2.51. The summed E-state index contributed by atoms with van der Waals surface area (Å²) >= 11 is 0. The van der Waals surface area contributed by atoms with Crippen molar-refractivity contribution in [2.24, 2.45) is 5.73 Å². The molecule has 2 atom stereocenters. The zero-order chi connectivity index (χ0) is 16.5. The predicted molar refractivity (Wildman–Crippen MR) is 84.6 cm³/mol. The highest BCUT2D eigenvalue weighted by Crippen LogP contribution is 2.16. The predicted octanol–water partition coefficient (Wildman–Crippen LogP) is 0.656. The molecule has 0 radical (unpaired) electrons. The number of nitrogens with zero attached hydrogens (tertiary/aromatic N) is 1. The summed E-state index contributed by atoms with van der Waals surface area (Å²) in [5.74, 6) is -0.949. The lowest BCUT2D eigenvalue weighted by molar-refractivity contribution is -0.133. The molecule has 120 valence electrons. The molecule has 0 spiro atoms. The fourth-order valence-corrected chi connectivity index (χ4v) is 2.48. The van der Waals surface area contributed by atoms with E-state index in [2.05, 4.69) is 11.9 Å². The van der Waals surface area contributed by atoms with E-state index >= 15 is 0 Å². The average molecular weight is 305 g/mol. The molecule has 1 aliphatic heterocycles. The van der Waals surface area contributed by atoms with Crippen LogP contribution in [0, 0.1) is 0 Å². The van der Waals surface area contributed by atoms with Gasteiger partial charge < -0.3 is 16.0 Å². The van der Waals surface area contributed by atoms with Crippen molar-refractivity contribution in [1.82, 2.24) is 10.2 Å². The van der Waals surface area contributed by atoms with Gasteiger partial charge in [0.05, 0.1) is 0 Å². The van der Waals surface area contributed by atoms with Crippen LogP contribution in [0.2, 0.25) is 0 Å². The van der Waals surface area contributed by atoms with Gasteiger partial charge >= 0.3 is 0 Å². The molecule has 22 heavy (non-hydrogen) atoms. The molecule has 3 amide bonds. The number of hydrogen-bond acceptors (Lipinski definition) is 3. The second-order valence-electron chi connectivity index (χ2n) is 5.15. The van der Waals surface area contributed by atoms with E-state index in [1.807, 2.05) is 19.1 Å². The van der Waals surface area contributed by atoms with Crippen molar-refractivity contribution in [2.75, 3.05) is 6.54 Å². The standard InChI is InChI=1S/C16H23N3O3/c1-3-6-12(7-4-2)10-13(15(17)21)18-16(22)14-8-5-9-19(14)11-20/h3-4,6-7,11,13-14H,1,5,8-10H2,2H3,(H2,17,21)(H,18,22)/b7-4-,12-6+. The number of amides is 3. The maximum atomic E-state index is 12.2. The van der Waals surface area contributed by atoms with Crippen LogP contribution in [0.3, 0.4) is 0 Å². The molecule has 1 heterocycles. The molecule has 0 aliphatic carbocycles. The number of carbonyl (C=O) groups is 3. The van der Waals surface area contributed by atoms with Crippen molar-refractivity contribution in [3.63, 3.8) is 0 Å². The molecule has 2 unspecified atom stereocenters. The Labute approximate surface area is 130 Å². The Balaban J connectivity index is 2.77.